The number of aromatic nitrogens is 2. The average molecular weight is 1040 g/mol. The number of hydrogen-bond donors (Lipinski definition) is 0. The first-order valence-electron chi connectivity index (χ1n) is 26.6. The molecule has 0 N–H and O–H groups in total. The number of nitrogens with zero attached hydrogens (tertiary/aromatic N) is 4. The van der Waals surface area contributed by atoms with Gasteiger partial charge in [0.25, 0.3) is 0 Å². The summed E-state index contributed by atoms with van der Waals surface area (Å²) in [6, 6.07) is 98.1. The molecule has 15 rings (SSSR count). The number of anilines is 6. The van der Waals surface area contributed by atoms with Crippen LogP contribution in [0.25, 0.3) is 63.8 Å². The highest BCUT2D eigenvalue weighted by atomic mass is 32.1. The minimum Gasteiger partial charge on any atom is -0.310 e. The molecule has 2 aromatic heterocycles. The van der Waals surface area contributed by atoms with E-state index in [1.165, 1.54) is 76.4 Å². The van der Waals surface area contributed by atoms with Crippen LogP contribution in [0.5, 0.6) is 0 Å². The van der Waals surface area contributed by atoms with Gasteiger partial charge in [-0.1, -0.05) is 172 Å². The van der Waals surface area contributed by atoms with Crippen molar-refractivity contribution in [2.45, 2.75) is 24.7 Å². The third kappa shape index (κ3) is 7.32. The number of rotatable bonds is 9. The first-order chi connectivity index (χ1) is 38.4. The van der Waals surface area contributed by atoms with E-state index in [2.05, 4.69) is 291 Å². The van der Waals surface area contributed by atoms with Crippen molar-refractivity contribution in [2.24, 2.45) is 0 Å². The van der Waals surface area contributed by atoms with Crippen LogP contribution in [0.2, 0.25) is 0 Å². The van der Waals surface area contributed by atoms with Crippen molar-refractivity contribution >= 4 is 77.2 Å². The molecule has 1 aliphatic carbocycles. The summed E-state index contributed by atoms with van der Waals surface area (Å²) in [6.07, 6.45) is 0. The minimum absolute atomic E-state index is 0.278. The molecule has 11 aromatic carbocycles. The Kier molecular flexibility index (Phi) is 10.8. The van der Waals surface area contributed by atoms with Gasteiger partial charge < -0.3 is 9.80 Å². The summed E-state index contributed by atoms with van der Waals surface area (Å²) in [7, 11) is 0. The molecule has 0 amide bonds. The zero-order valence-corrected chi connectivity index (χ0v) is 44.6. The van der Waals surface area contributed by atoms with Crippen molar-refractivity contribution in [1.29, 1.82) is 0 Å². The molecule has 0 radical (unpaired) electrons. The van der Waals surface area contributed by atoms with Crippen LogP contribution in [0.3, 0.4) is 0 Å². The Morgan fingerprint density at radius 1 is 0.359 bits per heavy atom. The predicted molar refractivity (Wildman–Crippen MR) is 328 cm³/mol. The Labute approximate surface area is 462 Å². The predicted octanol–water partition coefficient (Wildman–Crippen LogP) is 19.8. The van der Waals surface area contributed by atoms with Crippen LogP contribution in [0.4, 0.5) is 34.1 Å². The Morgan fingerprint density at radius 3 is 1.46 bits per heavy atom. The minimum atomic E-state index is -0.688. The van der Waals surface area contributed by atoms with Crippen LogP contribution >= 0.6 is 22.7 Å². The van der Waals surface area contributed by atoms with E-state index in [4.69, 9.17) is 9.97 Å². The highest BCUT2D eigenvalue weighted by Gasteiger charge is 2.47. The van der Waals surface area contributed by atoms with Gasteiger partial charge in [0, 0.05) is 39.3 Å². The third-order valence-corrected chi connectivity index (χ3v) is 18.4. The molecule has 0 unspecified atom stereocenters. The average Bonchev–Trinajstić information content (AvgIpc) is 4.34. The summed E-state index contributed by atoms with van der Waals surface area (Å²) in [4.78, 5) is 15.1. The second-order valence-corrected chi connectivity index (χ2v) is 23.0. The van der Waals surface area contributed by atoms with E-state index in [0.717, 1.165) is 54.9 Å². The molecule has 1 aliphatic heterocycles. The molecule has 78 heavy (non-hydrogen) atoms. The summed E-state index contributed by atoms with van der Waals surface area (Å²) in [5.74, 6) is 0. The van der Waals surface area contributed by atoms with Crippen LogP contribution in [0.15, 0.2) is 267 Å². The van der Waals surface area contributed by atoms with Gasteiger partial charge in [0.1, 0.15) is 10.0 Å². The highest BCUT2D eigenvalue weighted by Crippen LogP contribution is 2.60. The maximum Gasteiger partial charge on any atom is 0.124 e. The molecule has 0 saturated heterocycles. The van der Waals surface area contributed by atoms with Crippen molar-refractivity contribution < 1.29 is 0 Å². The first-order valence-corrected chi connectivity index (χ1v) is 28.3. The molecule has 3 heterocycles. The number of benzene rings is 11. The molecular formula is C72H50N4S2. The van der Waals surface area contributed by atoms with Gasteiger partial charge in [-0.2, -0.15) is 0 Å². The van der Waals surface area contributed by atoms with E-state index >= 15 is 0 Å². The van der Waals surface area contributed by atoms with E-state index in [0.29, 0.717) is 0 Å². The largest absolute Gasteiger partial charge is 0.310 e. The monoisotopic (exact) mass is 1030 g/mol. The fourth-order valence-electron chi connectivity index (χ4n) is 12.5. The standard InChI is InChI=1S/C72H50N4S2/c1-71(2)59-24-12-15-27-65(59)76(66-43-34-50(44-62(66)71)70-74-64-26-14-17-29-68(64)78-70)56-40-42-58-57-41-39-55(45-60(57)72(61(58)46-56,51-20-8-4-9-21-51)52-22-10-5-11-23-52)75(53-35-30-48(31-36-53)47-18-6-3-7-19-47)54-37-32-49(33-38-54)69-73-63-25-13-16-28-67(63)77-69/h3-46H,1-2H3. The second kappa shape index (κ2) is 18.2. The SMILES string of the molecule is CC1(C)c2ccccc2N(c2ccc3c(c2)C(c2ccccc2)(c2ccccc2)c2cc(N(c4ccc(-c5ccccc5)cc4)c4ccc(-c5nc6ccccc6s5)cc4)ccc2-3)c2ccc(-c3nc4ccccc4s3)cc21. The molecule has 0 saturated carbocycles. The first kappa shape index (κ1) is 46.1. The third-order valence-electron chi connectivity index (χ3n) is 16.2. The lowest BCUT2D eigenvalue weighted by Crippen LogP contribution is -2.31. The van der Waals surface area contributed by atoms with Crippen LogP contribution in [-0.2, 0) is 10.8 Å². The van der Waals surface area contributed by atoms with E-state index in [9.17, 15) is 0 Å². The van der Waals surface area contributed by atoms with Gasteiger partial charge in [0.15, 0.2) is 0 Å². The van der Waals surface area contributed by atoms with Crippen molar-refractivity contribution in [3.8, 4) is 43.4 Å². The van der Waals surface area contributed by atoms with E-state index in [-0.39, 0.29) is 5.41 Å². The quantitative estimate of drug-likeness (QED) is 0.144. The summed E-state index contributed by atoms with van der Waals surface area (Å²) in [5.41, 5.74) is 22.3. The van der Waals surface area contributed by atoms with Crippen molar-refractivity contribution in [3.63, 3.8) is 0 Å². The van der Waals surface area contributed by atoms with Gasteiger partial charge >= 0.3 is 0 Å². The molecule has 2 aliphatic rings. The molecule has 4 nitrogen and oxygen atoms in total. The summed E-state index contributed by atoms with van der Waals surface area (Å²) in [6.45, 7) is 4.74. The van der Waals surface area contributed by atoms with Gasteiger partial charge in [0.2, 0.25) is 0 Å². The summed E-state index contributed by atoms with van der Waals surface area (Å²) >= 11 is 3.49. The fourth-order valence-corrected chi connectivity index (χ4v) is 14.4. The molecule has 370 valence electrons. The van der Waals surface area contributed by atoms with E-state index < -0.39 is 5.41 Å². The summed E-state index contributed by atoms with van der Waals surface area (Å²) in [5, 5.41) is 2.05. The summed E-state index contributed by atoms with van der Waals surface area (Å²) < 4.78 is 2.39. The number of hydrogen-bond acceptors (Lipinski definition) is 6. The smallest absolute Gasteiger partial charge is 0.124 e. The molecule has 0 spiro atoms. The maximum atomic E-state index is 5.12. The maximum absolute atomic E-state index is 5.12. The lowest BCUT2D eigenvalue weighted by Gasteiger charge is -2.42. The number of para-hydroxylation sites is 3. The van der Waals surface area contributed by atoms with Crippen molar-refractivity contribution in [3.05, 3.63) is 300 Å². The van der Waals surface area contributed by atoms with Crippen LogP contribution in [-0.4, -0.2) is 9.97 Å². The molecule has 0 atom stereocenters. The Bertz CT molecular complexity index is 4300. The van der Waals surface area contributed by atoms with Gasteiger partial charge in [0.05, 0.1) is 37.2 Å². The fraction of sp³-hybridized carbons (Fsp3) is 0.0556. The van der Waals surface area contributed by atoms with Gasteiger partial charge in [-0.3, -0.25) is 0 Å². The zero-order chi connectivity index (χ0) is 52.0. The van der Waals surface area contributed by atoms with Crippen LogP contribution in [0, 0.1) is 0 Å². The van der Waals surface area contributed by atoms with Gasteiger partial charge in [-0.05, 0) is 165 Å². The van der Waals surface area contributed by atoms with E-state index in [1.54, 1.807) is 22.7 Å². The Morgan fingerprint density at radius 2 is 0.833 bits per heavy atom. The van der Waals surface area contributed by atoms with Crippen molar-refractivity contribution in [2.75, 3.05) is 9.80 Å². The number of thiazole rings is 2. The molecule has 0 fully saturated rings. The van der Waals surface area contributed by atoms with Crippen LogP contribution in [0.1, 0.15) is 47.2 Å². The molecule has 13 aromatic rings. The second-order valence-electron chi connectivity index (χ2n) is 20.9. The highest BCUT2D eigenvalue weighted by molar-refractivity contribution is 7.22. The molecular weight excluding hydrogens is 985 g/mol. The molecule has 0 bridgehead atoms. The number of fused-ring (bicyclic) bond motifs is 7. The topological polar surface area (TPSA) is 32.3 Å². The lowest BCUT2D eigenvalue weighted by molar-refractivity contribution is 0.632. The van der Waals surface area contributed by atoms with Gasteiger partial charge in [-0.25, -0.2) is 9.97 Å². The van der Waals surface area contributed by atoms with Crippen molar-refractivity contribution in [1.82, 2.24) is 9.97 Å². The normalized spacial score (nSPS) is 13.7. The molecule has 6 heteroatoms. The van der Waals surface area contributed by atoms with Crippen LogP contribution < -0.4 is 9.80 Å². The Balaban J connectivity index is 0.917. The Hall–Kier alpha value is -9.20. The van der Waals surface area contributed by atoms with E-state index in [1.807, 2.05) is 0 Å². The zero-order valence-electron chi connectivity index (χ0n) is 43.0. The van der Waals surface area contributed by atoms with Gasteiger partial charge in [-0.15, -0.1) is 22.7 Å². The lowest BCUT2D eigenvalue weighted by atomic mass is 9.67.